The molecule has 0 amide bonds. The Hall–Kier alpha value is -2.17. The standard InChI is InChI=1S/C18H22O5/c1-10(17(21)22-5)13-8-14-11(2)15(20)6-7-18(14,4)9-16(13)23-12(3)19/h6-7,13-14,16H,1-2,8-9H2,3-5H3/t13-,14+,16-,18+/m1/s1. The van der Waals surface area contributed by atoms with E-state index in [1.165, 1.54) is 20.1 Å². The summed E-state index contributed by atoms with van der Waals surface area (Å²) in [4.78, 5) is 35.2. The first kappa shape index (κ1) is 17.2. The minimum absolute atomic E-state index is 0.0964. The molecule has 0 unspecified atom stereocenters. The Labute approximate surface area is 136 Å². The lowest BCUT2D eigenvalue weighted by atomic mass is 9.57. The van der Waals surface area contributed by atoms with Gasteiger partial charge in [-0.25, -0.2) is 4.79 Å². The number of rotatable bonds is 3. The summed E-state index contributed by atoms with van der Waals surface area (Å²) in [5.74, 6) is -1.53. The highest BCUT2D eigenvalue weighted by molar-refractivity contribution is 6.05. The molecule has 4 atom stereocenters. The number of ether oxygens (including phenoxy) is 2. The molecule has 5 nitrogen and oxygen atoms in total. The largest absolute Gasteiger partial charge is 0.466 e. The average Bonchev–Trinajstić information content (AvgIpc) is 2.49. The first-order chi connectivity index (χ1) is 10.7. The Morgan fingerprint density at radius 3 is 2.61 bits per heavy atom. The van der Waals surface area contributed by atoms with Crippen molar-refractivity contribution in [2.45, 2.75) is 32.8 Å². The predicted molar refractivity (Wildman–Crippen MR) is 84.3 cm³/mol. The second-order valence-electron chi connectivity index (χ2n) is 6.49. The number of ketones is 1. The van der Waals surface area contributed by atoms with Crippen LogP contribution in [0.2, 0.25) is 0 Å². The summed E-state index contributed by atoms with van der Waals surface area (Å²) >= 11 is 0. The van der Waals surface area contributed by atoms with Gasteiger partial charge >= 0.3 is 11.9 Å². The highest BCUT2D eigenvalue weighted by atomic mass is 16.5. The van der Waals surface area contributed by atoms with Gasteiger partial charge in [-0.15, -0.1) is 0 Å². The molecule has 0 aromatic heterocycles. The lowest BCUT2D eigenvalue weighted by Gasteiger charge is -2.48. The van der Waals surface area contributed by atoms with Crippen molar-refractivity contribution < 1.29 is 23.9 Å². The molecule has 0 aliphatic heterocycles. The van der Waals surface area contributed by atoms with Crippen LogP contribution in [0.15, 0.2) is 36.5 Å². The molecule has 23 heavy (non-hydrogen) atoms. The van der Waals surface area contributed by atoms with E-state index < -0.39 is 18.0 Å². The summed E-state index contributed by atoms with van der Waals surface area (Å²) in [5, 5.41) is 0. The SMILES string of the molecule is C=C(C(=O)OC)[C@H]1C[C@H]2C(=C)C(=O)C=C[C@@]2(C)C[C@H]1OC(C)=O. The summed E-state index contributed by atoms with van der Waals surface area (Å²) < 4.78 is 10.2. The second kappa shape index (κ2) is 6.14. The molecule has 0 radical (unpaired) electrons. The minimum atomic E-state index is -0.529. The summed E-state index contributed by atoms with van der Waals surface area (Å²) in [5.41, 5.74) is 0.451. The van der Waals surface area contributed by atoms with Crippen LogP contribution in [0.3, 0.4) is 0 Å². The molecule has 5 heteroatoms. The molecule has 2 rings (SSSR count). The van der Waals surface area contributed by atoms with Crippen molar-refractivity contribution in [3.05, 3.63) is 36.5 Å². The van der Waals surface area contributed by atoms with Gasteiger partial charge in [0.05, 0.1) is 7.11 Å². The van der Waals surface area contributed by atoms with Gasteiger partial charge < -0.3 is 9.47 Å². The maximum absolute atomic E-state index is 11.9. The van der Waals surface area contributed by atoms with E-state index >= 15 is 0 Å². The van der Waals surface area contributed by atoms with Gasteiger partial charge in [0, 0.05) is 18.4 Å². The van der Waals surface area contributed by atoms with E-state index in [-0.39, 0.29) is 28.6 Å². The maximum atomic E-state index is 11.9. The summed E-state index contributed by atoms with van der Waals surface area (Å²) in [6.45, 7) is 11.1. The van der Waals surface area contributed by atoms with Crippen LogP contribution >= 0.6 is 0 Å². The van der Waals surface area contributed by atoms with Crippen molar-refractivity contribution in [1.29, 1.82) is 0 Å². The van der Waals surface area contributed by atoms with Gasteiger partial charge in [0.2, 0.25) is 0 Å². The Kier molecular flexibility index (Phi) is 4.59. The molecule has 0 bridgehead atoms. The van der Waals surface area contributed by atoms with Crippen LogP contribution in [0.4, 0.5) is 0 Å². The van der Waals surface area contributed by atoms with Crippen LogP contribution < -0.4 is 0 Å². The fourth-order valence-electron chi connectivity index (χ4n) is 3.65. The zero-order valence-electron chi connectivity index (χ0n) is 13.8. The Bertz CT molecular complexity index is 615. The van der Waals surface area contributed by atoms with Gasteiger partial charge in [-0.3, -0.25) is 9.59 Å². The molecule has 0 aromatic carbocycles. The van der Waals surface area contributed by atoms with Crippen molar-refractivity contribution >= 4 is 17.7 Å². The highest BCUT2D eigenvalue weighted by Gasteiger charge is 2.49. The quantitative estimate of drug-likeness (QED) is 0.590. The van der Waals surface area contributed by atoms with Gasteiger partial charge in [0.1, 0.15) is 6.10 Å². The number of carbonyl (C=O) groups excluding carboxylic acids is 3. The monoisotopic (exact) mass is 318 g/mol. The molecular formula is C18H22O5. The Balaban J connectivity index is 2.37. The number of hydrogen-bond donors (Lipinski definition) is 0. The van der Waals surface area contributed by atoms with Crippen molar-refractivity contribution in [3.63, 3.8) is 0 Å². The molecule has 0 saturated heterocycles. The van der Waals surface area contributed by atoms with Crippen LogP contribution in [0, 0.1) is 17.3 Å². The van der Waals surface area contributed by atoms with Crippen LogP contribution in [0.25, 0.3) is 0 Å². The second-order valence-corrected chi connectivity index (χ2v) is 6.49. The molecule has 0 heterocycles. The predicted octanol–water partition coefficient (Wildman–Crippen LogP) is 2.37. The summed E-state index contributed by atoms with van der Waals surface area (Å²) in [6, 6.07) is 0. The van der Waals surface area contributed by atoms with Crippen molar-refractivity contribution in [2.24, 2.45) is 17.3 Å². The highest BCUT2D eigenvalue weighted by Crippen LogP contribution is 2.52. The summed E-state index contributed by atoms with van der Waals surface area (Å²) in [7, 11) is 1.28. The molecule has 124 valence electrons. The van der Waals surface area contributed by atoms with E-state index in [9.17, 15) is 14.4 Å². The number of esters is 2. The first-order valence-corrected chi connectivity index (χ1v) is 7.56. The minimum Gasteiger partial charge on any atom is -0.466 e. The van der Waals surface area contributed by atoms with E-state index in [1.54, 1.807) is 0 Å². The van der Waals surface area contributed by atoms with E-state index in [4.69, 9.17) is 9.47 Å². The number of methoxy groups -OCH3 is 1. The molecule has 2 aliphatic carbocycles. The lowest BCUT2D eigenvalue weighted by molar-refractivity contribution is -0.155. The molecule has 1 fully saturated rings. The van der Waals surface area contributed by atoms with Crippen molar-refractivity contribution in [1.82, 2.24) is 0 Å². The maximum Gasteiger partial charge on any atom is 0.333 e. The normalized spacial score (nSPS) is 32.9. The van der Waals surface area contributed by atoms with Gasteiger partial charge in [-0.1, -0.05) is 26.2 Å². The third kappa shape index (κ3) is 3.14. The Morgan fingerprint density at radius 2 is 2.04 bits per heavy atom. The smallest absolute Gasteiger partial charge is 0.333 e. The zero-order chi connectivity index (χ0) is 17.4. The van der Waals surface area contributed by atoms with E-state index in [0.717, 1.165) is 0 Å². The third-order valence-electron chi connectivity index (χ3n) is 4.94. The lowest BCUT2D eigenvalue weighted by Crippen LogP contribution is -2.47. The third-order valence-corrected chi connectivity index (χ3v) is 4.94. The summed E-state index contributed by atoms with van der Waals surface area (Å²) in [6.07, 6.45) is 3.88. The molecule has 0 aromatic rings. The number of allylic oxidation sites excluding steroid dienone is 3. The van der Waals surface area contributed by atoms with Crippen LogP contribution in [0.1, 0.15) is 26.7 Å². The Morgan fingerprint density at radius 1 is 1.39 bits per heavy atom. The van der Waals surface area contributed by atoms with Crippen LogP contribution in [0.5, 0.6) is 0 Å². The van der Waals surface area contributed by atoms with Crippen LogP contribution in [-0.2, 0) is 23.9 Å². The molecule has 0 spiro atoms. The fraction of sp³-hybridized carbons (Fsp3) is 0.500. The van der Waals surface area contributed by atoms with Crippen LogP contribution in [-0.4, -0.2) is 30.9 Å². The number of carbonyl (C=O) groups is 3. The molecule has 2 aliphatic rings. The zero-order valence-corrected chi connectivity index (χ0v) is 13.8. The van der Waals surface area contributed by atoms with Crippen molar-refractivity contribution in [3.8, 4) is 0 Å². The first-order valence-electron chi connectivity index (χ1n) is 7.56. The average molecular weight is 318 g/mol. The topological polar surface area (TPSA) is 69.7 Å². The number of fused-ring (bicyclic) bond motifs is 1. The molecular weight excluding hydrogens is 296 g/mol. The van der Waals surface area contributed by atoms with Gasteiger partial charge in [0.25, 0.3) is 0 Å². The van der Waals surface area contributed by atoms with E-state index in [2.05, 4.69) is 13.2 Å². The van der Waals surface area contributed by atoms with E-state index in [1.807, 2.05) is 13.0 Å². The van der Waals surface area contributed by atoms with Crippen molar-refractivity contribution in [2.75, 3.05) is 7.11 Å². The number of hydrogen-bond acceptors (Lipinski definition) is 5. The molecule has 1 saturated carbocycles. The fourth-order valence-corrected chi connectivity index (χ4v) is 3.65. The van der Waals surface area contributed by atoms with Gasteiger partial charge in [-0.2, -0.15) is 0 Å². The van der Waals surface area contributed by atoms with Gasteiger partial charge in [-0.05, 0) is 35.8 Å². The van der Waals surface area contributed by atoms with Gasteiger partial charge in [0.15, 0.2) is 5.78 Å². The van der Waals surface area contributed by atoms with E-state index in [0.29, 0.717) is 18.4 Å². The molecule has 0 N–H and O–H groups in total.